The molecule has 0 rings (SSSR count). The van der Waals surface area contributed by atoms with Crippen molar-refractivity contribution in [1.82, 2.24) is 4.90 Å². The molecule has 0 aromatic heterocycles. The van der Waals surface area contributed by atoms with Crippen LogP contribution in [0.1, 0.15) is 27.7 Å². The van der Waals surface area contributed by atoms with Gasteiger partial charge in [-0.15, -0.1) is 0 Å². The standard InChI is InChI=1S/C10H22N2O2/c1-5-12(6-7-13)9(14)8(11)10(2,3)4/h8,13H,5-7,11H2,1-4H3/t8-/m1/s1. The van der Waals surface area contributed by atoms with E-state index in [0.717, 1.165) is 0 Å². The minimum Gasteiger partial charge on any atom is -0.395 e. The summed E-state index contributed by atoms with van der Waals surface area (Å²) >= 11 is 0. The van der Waals surface area contributed by atoms with E-state index in [4.69, 9.17) is 10.8 Å². The first-order chi connectivity index (χ1) is 6.34. The highest BCUT2D eigenvalue weighted by molar-refractivity contribution is 5.82. The molecule has 0 aliphatic heterocycles. The number of nitrogens with zero attached hydrogens (tertiary/aromatic N) is 1. The Morgan fingerprint density at radius 1 is 1.50 bits per heavy atom. The highest BCUT2D eigenvalue weighted by Crippen LogP contribution is 2.18. The number of nitrogens with two attached hydrogens (primary N) is 1. The molecule has 4 nitrogen and oxygen atoms in total. The summed E-state index contributed by atoms with van der Waals surface area (Å²) in [6.45, 7) is 8.61. The molecular weight excluding hydrogens is 180 g/mol. The van der Waals surface area contributed by atoms with Gasteiger partial charge in [-0.1, -0.05) is 20.8 Å². The number of amides is 1. The Hall–Kier alpha value is -0.610. The normalized spacial score (nSPS) is 13.9. The average Bonchev–Trinajstić information content (AvgIpc) is 2.10. The van der Waals surface area contributed by atoms with Crippen LogP contribution < -0.4 is 5.73 Å². The molecule has 84 valence electrons. The van der Waals surface area contributed by atoms with E-state index in [1.807, 2.05) is 27.7 Å². The maximum atomic E-state index is 11.8. The van der Waals surface area contributed by atoms with Crippen molar-refractivity contribution in [3.8, 4) is 0 Å². The lowest BCUT2D eigenvalue weighted by Crippen LogP contribution is -2.51. The number of likely N-dealkylation sites (N-methyl/N-ethyl adjacent to an activating group) is 1. The summed E-state index contributed by atoms with van der Waals surface area (Å²) in [6.07, 6.45) is 0. The smallest absolute Gasteiger partial charge is 0.240 e. The molecule has 0 radical (unpaired) electrons. The van der Waals surface area contributed by atoms with Gasteiger partial charge in [0, 0.05) is 13.1 Å². The van der Waals surface area contributed by atoms with E-state index < -0.39 is 6.04 Å². The Labute approximate surface area is 86.1 Å². The predicted molar refractivity (Wildman–Crippen MR) is 56.8 cm³/mol. The fraction of sp³-hybridized carbons (Fsp3) is 0.900. The maximum absolute atomic E-state index is 11.8. The molecule has 4 heteroatoms. The monoisotopic (exact) mass is 202 g/mol. The zero-order chi connectivity index (χ0) is 11.4. The number of aliphatic hydroxyl groups is 1. The van der Waals surface area contributed by atoms with Crippen LogP contribution in [0.25, 0.3) is 0 Å². The number of aliphatic hydroxyl groups excluding tert-OH is 1. The third kappa shape index (κ3) is 3.64. The van der Waals surface area contributed by atoms with Crippen LogP contribution in [0.4, 0.5) is 0 Å². The third-order valence-electron chi connectivity index (χ3n) is 2.26. The Kier molecular flexibility index (Phi) is 5.08. The van der Waals surface area contributed by atoms with E-state index in [0.29, 0.717) is 13.1 Å². The summed E-state index contributed by atoms with van der Waals surface area (Å²) in [5.41, 5.74) is 5.59. The molecule has 3 N–H and O–H groups in total. The van der Waals surface area contributed by atoms with Crippen LogP contribution in [0, 0.1) is 5.41 Å². The second kappa shape index (κ2) is 5.32. The molecule has 0 aromatic carbocycles. The van der Waals surface area contributed by atoms with Gasteiger partial charge in [-0.05, 0) is 12.3 Å². The molecule has 0 aliphatic rings. The second-order valence-electron chi connectivity index (χ2n) is 4.49. The average molecular weight is 202 g/mol. The molecule has 0 heterocycles. The van der Waals surface area contributed by atoms with Gasteiger partial charge in [0.2, 0.25) is 5.91 Å². The van der Waals surface area contributed by atoms with E-state index in [2.05, 4.69) is 0 Å². The number of hydrogen-bond donors (Lipinski definition) is 2. The van der Waals surface area contributed by atoms with Gasteiger partial charge in [0.25, 0.3) is 0 Å². The predicted octanol–water partition coefficient (Wildman–Crippen LogP) is 0.201. The van der Waals surface area contributed by atoms with Crippen molar-refractivity contribution >= 4 is 5.91 Å². The first-order valence-electron chi connectivity index (χ1n) is 4.99. The lowest BCUT2D eigenvalue weighted by atomic mass is 9.86. The fourth-order valence-corrected chi connectivity index (χ4v) is 1.11. The summed E-state index contributed by atoms with van der Waals surface area (Å²) in [4.78, 5) is 13.4. The Morgan fingerprint density at radius 3 is 2.29 bits per heavy atom. The van der Waals surface area contributed by atoms with E-state index >= 15 is 0 Å². The lowest BCUT2D eigenvalue weighted by molar-refractivity contribution is -0.135. The van der Waals surface area contributed by atoms with Crippen LogP contribution in [0.5, 0.6) is 0 Å². The molecule has 0 bridgehead atoms. The number of carbonyl (C=O) groups excluding carboxylic acids is 1. The van der Waals surface area contributed by atoms with Crippen molar-refractivity contribution in [2.75, 3.05) is 19.7 Å². The topological polar surface area (TPSA) is 66.6 Å². The minimum atomic E-state index is -0.506. The summed E-state index contributed by atoms with van der Waals surface area (Å²) in [6, 6.07) is -0.506. The lowest BCUT2D eigenvalue weighted by Gasteiger charge is -2.31. The van der Waals surface area contributed by atoms with Crippen molar-refractivity contribution in [1.29, 1.82) is 0 Å². The highest BCUT2D eigenvalue weighted by atomic mass is 16.3. The molecule has 1 atom stereocenters. The first-order valence-corrected chi connectivity index (χ1v) is 4.99. The van der Waals surface area contributed by atoms with Crippen LogP contribution in [0.15, 0.2) is 0 Å². The van der Waals surface area contributed by atoms with Gasteiger partial charge in [0.05, 0.1) is 12.6 Å². The molecule has 0 fully saturated rings. The quantitative estimate of drug-likeness (QED) is 0.684. The van der Waals surface area contributed by atoms with Gasteiger partial charge >= 0.3 is 0 Å². The molecule has 1 amide bonds. The maximum Gasteiger partial charge on any atom is 0.240 e. The van der Waals surface area contributed by atoms with Gasteiger partial charge in [-0.3, -0.25) is 4.79 Å². The first kappa shape index (κ1) is 13.4. The Bertz CT molecular complexity index is 187. The van der Waals surface area contributed by atoms with E-state index in [1.54, 1.807) is 4.90 Å². The molecule has 0 saturated heterocycles. The van der Waals surface area contributed by atoms with Crippen LogP contribution in [0.3, 0.4) is 0 Å². The molecule has 14 heavy (non-hydrogen) atoms. The number of carbonyl (C=O) groups is 1. The van der Waals surface area contributed by atoms with E-state index in [-0.39, 0.29) is 17.9 Å². The molecule has 0 aliphatic carbocycles. The summed E-state index contributed by atoms with van der Waals surface area (Å²) in [5, 5.41) is 8.77. The Balaban J connectivity index is 4.42. The zero-order valence-electron chi connectivity index (χ0n) is 9.58. The van der Waals surface area contributed by atoms with Crippen LogP contribution in [-0.2, 0) is 4.79 Å². The SMILES string of the molecule is CCN(CCO)C(=O)[C@@H](N)C(C)(C)C. The summed E-state index contributed by atoms with van der Waals surface area (Å²) in [5.74, 6) is -0.0888. The molecule has 0 unspecified atom stereocenters. The molecular formula is C10H22N2O2. The minimum absolute atomic E-state index is 0.0174. The van der Waals surface area contributed by atoms with Gasteiger partial charge in [0.15, 0.2) is 0 Å². The zero-order valence-corrected chi connectivity index (χ0v) is 9.58. The second-order valence-corrected chi connectivity index (χ2v) is 4.49. The summed E-state index contributed by atoms with van der Waals surface area (Å²) < 4.78 is 0. The fourth-order valence-electron chi connectivity index (χ4n) is 1.11. The number of rotatable bonds is 4. The van der Waals surface area contributed by atoms with Crippen LogP contribution >= 0.6 is 0 Å². The third-order valence-corrected chi connectivity index (χ3v) is 2.26. The molecule has 0 aromatic rings. The van der Waals surface area contributed by atoms with Gasteiger partial charge in [-0.2, -0.15) is 0 Å². The van der Waals surface area contributed by atoms with Gasteiger partial charge in [-0.25, -0.2) is 0 Å². The van der Waals surface area contributed by atoms with Crippen molar-refractivity contribution in [2.45, 2.75) is 33.7 Å². The van der Waals surface area contributed by atoms with Crippen LogP contribution in [-0.4, -0.2) is 41.7 Å². The highest BCUT2D eigenvalue weighted by Gasteiger charge is 2.30. The van der Waals surface area contributed by atoms with Crippen molar-refractivity contribution in [3.63, 3.8) is 0 Å². The van der Waals surface area contributed by atoms with Crippen molar-refractivity contribution in [3.05, 3.63) is 0 Å². The number of hydrogen-bond acceptors (Lipinski definition) is 3. The van der Waals surface area contributed by atoms with Gasteiger partial charge in [0.1, 0.15) is 0 Å². The van der Waals surface area contributed by atoms with E-state index in [1.165, 1.54) is 0 Å². The van der Waals surface area contributed by atoms with Crippen molar-refractivity contribution in [2.24, 2.45) is 11.1 Å². The van der Waals surface area contributed by atoms with Gasteiger partial charge < -0.3 is 15.7 Å². The van der Waals surface area contributed by atoms with Crippen molar-refractivity contribution < 1.29 is 9.90 Å². The Morgan fingerprint density at radius 2 is 2.00 bits per heavy atom. The van der Waals surface area contributed by atoms with Crippen LogP contribution in [0.2, 0.25) is 0 Å². The molecule has 0 spiro atoms. The largest absolute Gasteiger partial charge is 0.395 e. The van der Waals surface area contributed by atoms with E-state index in [9.17, 15) is 4.79 Å². The molecule has 0 saturated carbocycles. The summed E-state index contributed by atoms with van der Waals surface area (Å²) in [7, 11) is 0.